The minimum Gasteiger partial charge on any atom is -0.341 e. The lowest BCUT2D eigenvalue weighted by atomic mass is 10.1. The molecule has 38 heavy (non-hydrogen) atoms. The number of hydrogen-bond donors (Lipinski definition) is 1. The third-order valence-corrected chi connectivity index (χ3v) is 7.21. The molecular formula is C28H28N8O2. The number of hydrogen-bond acceptors (Lipinski definition) is 7. The van der Waals surface area contributed by atoms with Crippen molar-refractivity contribution in [1.82, 2.24) is 28.7 Å². The summed E-state index contributed by atoms with van der Waals surface area (Å²) < 4.78 is 4.48. The number of imidazole rings is 1. The third kappa shape index (κ3) is 3.83. The van der Waals surface area contributed by atoms with Gasteiger partial charge in [-0.2, -0.15) is 4.98 Å². The molecule has 1 aliphatic heterocycles. The van der Waals surface area contributed by atoms with Crippen molar-refractivity contribution in [1.29, 1.82) is 0 Å². The van der Waals surface area contributed by atoms with E-state index in [0.717, 1.165) is 41.2 Å². The fourth-order valence-electron chi connectivity index (χ4n) is 5.34. The summed E-state index contributed by atoms with van der Waals surface area (Å²) in [7, 11) is 1.64. The Hall–Kier alpha value is -4.49. The number of aromatic nitrogens is 6. The molecule has 1 aromatic carbocycles. The Balaban J connectivity index is 1.58. The summed E-state index contributed by atoms with van der Waals surface area (Å²) in [5.74, 6) is 6.59. The Morgan fingerprint density at radius 1 is 1.08 bits per heavy atom. The van der Waals surface area contributed by atoms with Crippen molar-refractivity contribution in [3.8, 4) is 11.8 Å². The van der Waals surface area contributed by atoms with Gasteiger partial charge in [0.15, 0.2) is 11.2 Å². The van der Waals surface area contributed by atoms with Gasteiger partial charge in [0.1, 0.15) is 0 Å². The van der Waals surface area contributed by atoms with E-state index >= 15 is 0 Å². The maximum atomic E-state index is 14.0. The first-order chi connectivity index (χ1) is 18.5. The van der Waals surface area contributed by atoms with Crippen LogP contribution in [0.25, 0.3) is 33.0 Å². The van der Waals surface area contributed by atoms with Crippen LogP contribution in [0.4, 0.5) is 5.95 Å². The number of benzene rings is 1. The molecule has 0 saturated carbocycles. The second-order valence-electron chi connectivity index (χ2n) is 9.65. The molecular weight excluding hydrogens is 480 g/mol. The van der Waals surface area contributed by atoms with E-state index in [1.807, 2.05) is 41.0 Å². The molecule has 1 unspecified atom stereocenters. The fourth-order valence-corrected chi connectivity index (χ4v) is 5.34. The number of aryl methyl sites for hydroxylation is 1. The summed E-state index contributed by atoms with van der Waals surface area (Å²) >= 11 is 0. The summed E-state index contributed by atoms with van der Waals surface area (Å²) in [5.41, 5.74) is 8.18. The molecule has 4 aromatic heterocycles. The van der Waals surface area contributed by atoms with Crippen LogP contribution in [0.1, 0.15) is 25.5 Å². The lowest BCUT2D eigenvalue weighted by Gasteiger charge is -2.31. The predicted molar refractivity (Wildman–Crippen MR) is 148 cm³/mol. The number of pyridine rings is 2. The molecule has 0 radical (unpaired) electrons. The summed E-state index contributed by atoms with van der Waals surface area (Å²) in [6.07, 6.45) is 3.61. The average Bonchev–Trinajstić information content (AvgIpc) is 3.33. The van der Waals surface area contributed by atoms with E-state index in [4.69, 9.17) is 15.7 Å². The first-order valence-electron chi connectivity index (χ1n) is 12.7. The van der Waals surface area contributed by atoms with Crippen LogP contribution in [0.3, 0.4) is 0 Å². The molecule has 1 atom stereocenters. The maximum absolute atomic E-state index is 14.0. The summed E-state index contributed by atoms with van der Waals surface area (Å²) in [5, 5.41) is 1.72. The molecule has 5 heterocycles. The average molecular weight is 509 g/mol. The highest BCUT2D eigenvalue weighted by Crippen LogP contribution is 2.26. The Labute approximate surface area is 218 Å². The highest BCUT2D eigenvalue weighted by molar-refractivity contribution is 6.04. The predicted octanol–water partition coefficient (Wildman–Crippen LogP) is 1.99. The second kappa shape index (κ2) is 9.43. The zero-order valence-electron chi connectivity index (χ0n) is 21.4. The topological polar surface area (TPSA) is 117 Å². The Kier molecular flexibility index (Phi) is 5.93. The van der Waals surface area contributed by atoms with E-state index in [1.165, 1.54) is 9.13 Å². The molecule has 5 aromatic rings. The standard InChI is InChI=1S/C28H28N8O2/c1-3-4-15-35-24-25(32-27(35)34-14-8-9-18(29)16-34)33(2)28(38)36(26(24)37)17-22-20-11-7-13-30-23(20)19-10-5-6-12-21(19)31-22/h5-7,10-13,18H,8-9,14-17,29H2,1-2H3. The van der Waals surface area contributed by atoms with Gasteiger partial charge >= 0.3 is 5.69 Å². The highest BCUT2D eigenvalue weighted by atomic mass is 16.2. The molecule has 0 aliphatic carbocycles. The molecule has 1 aliphatic rings. The zero-order valence-corrected chi connectivity index (χ0v) is 21.4. The Morgan fingerprint density at radius 2 is 1.89 bits per heavy atom. The second-order valence-corrected chi connectivity index (χ2v) is 9.65. The van der Waals surface area contributed by atoms with Crippen molar-refractivity contribution in [2.24, 2.45) is 12.8 Å². The van der Waals surface area contributed by atoms with Crippen LogP contribution in [-0.4, -0.2) is 47.8 Å². The van der Waals surface area contributed by atoms with Crippen LogP contribution < -0.4 is 21.9 Å². The summed E-state index contributed by atoms with van der Waals surface area (Å²) in [6, 6.07) is 11.5. The van der Waals surface area contributed by atoms with Gasteiger partial charge in [0.2, 0.25) is 5.95 Å². The van der Waals surface area contributed by atoms with Gasteiger partial charge in [-0.3, -0.25) is 28.5 Å². The van der Waals surface area contributed by atoms with Crippen LogP contribution in [0, 0.1) is 11.8 Å². The van der Waals surface area contributed by atoms with E-state index in [-0.39, 0.29) is 19.1 Å². The van der Waals surface area contributed by atoms with Gasteiger partial charge in [-0.25, -0.2) is 4.79 Å². The number of nitrogens with zero attached hydrogens (tertiary/aromatic N) is 7. The number of para-hydroxylation sites is 1. The van der Waals surface area contributed by atoms with Crippen molar-refractivity contribution in [3.05, 3.63) is 69.1 Å². The minimum absolute atomic E-state index is 0.00301. The van der Waals surface area contributed by atoms with E-state index < -0.39 is 11.2 Å². The number of piperidine rings is 1. The smallest absolute Gasteiger partial charge is 0.332 e. The Morgan fingerprint density at radius 3 is 2.71 bits per heavy atom. The normalized spacial score (nSPS) is 15.8. The van der Waals surface area contributed by atoms with Gasteiger partial charge in [0.25, 0.3) is 5.56 Å². The minimum atomic E-state index is -0.456. The molecule has 0 spiro atoms. The van der Waals surface area contributed by atoms with Crippen LogP contribution in [0.2, 0.25) is 0 Å². The van der Waals surface area contributed by atoms with Crippen LogP contribution in [0.5, 0.6) is 0 Å². The summed E-state index contributed by atoms with van der Waals surface area (Å²) in [6.45, 7) is 3.45. The number of anilines is 1. The van der Waals surface area contributed by atoms with Crippen molar-refractivity contribution in [2.45, 2.75) is 38.9 Å². The van der Waals surface area contributed by atoms with E-state index in [0.29, 0.717) is 29.4 Å². The molecule has 6 rings (SSSR count). The fraction of sp³-hybridized carbons (Fsp3) is 0.321. The zero-order chi connectivity index (χ0) is 26.4. The molecule has 10 nitrogen and oxygen atoms in total. The largest absolute Gasteiger partial charge is 0.341 e. The highest BCUT2D eigenvalue weighted by Gasteiger charge is 2.26. The number of nitrogens with two attached hydrogens (primary N) is 1. The first-order valence-corrected chi connectivity index (χ1v) is 12.7. The van der Waals surface area contributed by atoms with Crippen molar-refractivity contribution >= 4 is 38.9 Å². The van der Waals surface area contributed by atoms with Crippen molar-refractivity contribution in [3.63, 3.8) is 0 Å². The number of rotatable bonds is 4. The van der Waals surface area contributed by atoms with Crippen LogP contribution >= 0.6 is 0 Å². The van der Waals surface area contributed by atoms with Gasteiger partial charge in [0, 0.05) is 43.1 Å². The van der Waals surface area contributed by atoms with Gasteiger partial charge < -0.3 is 10.6 Å². The van der Waals surface area contributed by atoms with Crippen LogP contribution in [0.15, 0.2) is 52.2 Å². The maximum Gasteiger partial charge on any atom is 0.332 e. The molecule has 1 saturated heterocycles. The van der Waals surface area contributed by atoms with Crippen molar-refractivity contribution < 1.29 is 0 Å². The van der Waals surface area contributed by atoms with E-state index in [9.17, 15) is 9.59 Å². The first kappa shape index (κ1) is 23.9. The van der Waals surface area contributed by atoms with Gasteiger partial charge in [-0.05, 0) is 38.0 Å². The lowest BCUT2D eigenvalue weighted by Crippen LogP contribution is -2.44. The Bertz CT molecular complexity index is 1890. The third-order valence-electron chi connectivity index (χ3n) is 7.21. The molecule has 2 N–H and O–H groups in total. The van der Waals surface area contributed by atoms with E-state index in [1.54, 1.807) is 20.2 Å². The molecule has 0 bridgehead atoms. The SMILES string of the molecule is CC#CCn1c(N2CCCC(N)C2)nc2c1c(=O)n(Cc1nc3ccccc3c3ncccc13)c(=O)n2C. The monoisotopic (exact) mass is 508 g/mol. The summed E-state index contributed by atoms with van der Waals surface area (Å²) in [4.78, 5) is 43.8. The van der Waals surface area contributed by atoms with E-state index in [2.05, 4.69) is 21.7 Å². The van der Waals surface area contributed by atoms with Crippen LogP contribution in [-0.2, 0) is 20.1 Å². The van der Waals surface area contributed by atoms with Gasteiger partial charge in [-0.1, -0.05) is 24.1 Å². The van der Waals surface area contributed by atoms with Crippen molar-refractivity contribution in [2.75, 3.05) is 18.0 Å². The molecule has 192 valence electrons. The number of fused-ring (bicyclic) bond motifs is 4. The van der Waals surface area contributed by atoms with Gasteiger partial charge in [0.05, 0.1) is 29.8 Å². The molecule has 1 fully saturated rings. The molecule has 10 heteroatoms. The quantitative estimate of drug-likeness (QED) is 0.291. The lowest BCUT2D eigenvalue weighted by molar-refractivity contribution is 0.496. The van der Waals surface area contributed by atoms with Gasteiger partial charge in [-0.15, -0.1) is 5.92 Å². The molecule has 0 amide bonds.